The number of hydrogen-bond donors (Lipinski definition) is 1. The molecule has 0 unspecified atom stereocenters. The molecule has 2 aromatic carbocycles. The Bertz CT molecular complexity index is 798. The smallest absolute Gasteiger partial charge is 0.229 e. The van der Waals surface area contributed by atoms with Crippen molar-refractivity contribution in [1.82, 2.24) is 0 Å². The molecule has 124 valence electrons. The molecule has 2 aromatic rings. The number of aryl methyl sites for hydroxylation is 3. The van der Waals surface area contributed by atoms with E-state index in [0.717, 1.165) is 22.5 Å². The van der Waals surface area contributed by atoms with Crippen molar-refractivity contribution in [2.75, 3.05) is 16.8 Å². The fourth-order valence-corrected chi connectivity index (χ4v) is 2.99. The van der Waals surface area contributed by atoms with E-state index in [2.05, 4.69) is 5.32 Å². The molecular formula is C20H22N2O2. The standard InChI is InChI=1S/C20H22N2O2/c1-13-5-4-6-17(9-13)21-20(24)16-11-19(23)22(12-16)18-8-7-14(2)15(3)10-18/h4-10,16H,11-12H2,1-3H3,(H,21,24)/t16-/m0/s1. The van der Waals surface area contributed by atoms with Gasteiger partial charge in [-0.3, -0.25) is 9.59 Å². The van der Waals surface area contributed by atoms with E-state index in [-0.39, 0.29) is 24.2 Å². The van der Waals surface area contributed by atoms with Gasteiger partial charge in [-0.2, -0.15) is 0 Å². The lowest BCUT2D eigenvalue weighted by Crippen LogP contribution is -2.28. The zero-order valence-electron chi connectivity index (χ0n) is 14.3. The number of hydrogen-bond acceptors (Lipinski definition) is 2. The maximum absolute atomic E-state index is 12.5. The van der Waals surface area contributed by atoms with Crippen molar-refractivity contribution < 1.29 is 9.59 Å². The molecule has 0 spiro atoms. The van der Waals surface area contributed by atoms with Crippen LogP contribution < -0.4 is 10.2 Å². The Kier molecular flexibility index (Phi) is 4.38. The summed E-state index contributed by atoms with van der Waals surface area (Å²) in [5.41, 5.74) is 5.07. The summed E-state index contributed by atoms with van der Waals surface area (Å²) >= 11 is 0. The molecule has 4 heteroatoms. The van der Waals surface area contributed by atoms with Gasteiger partial charge in [-0.1, -0.05) is 18.2 Å². The summed E-state index contributed by atoms with van der Waals surface area (Å²) in [4.78, 5) is 26.5. The maximum atomic E-state index is 12.5. The Balaban J connectivity index is 1.72. The van der Waals surface area contributed by atoms with Crippen LogP contribution in [0, 0.1) is 26.7 Å². The van der Waals surface area contributed by atoms with Crippen LogP contribution in [0.1, 0.15) is 23.1 Å². The molecular weight excluding hydrogens is 300 g/mol. The van der Waals surface area contributed by atoms with Gasteiger partial charge in [0.25, 0.3) is 0 Å². The molecule has 0 bridgehead atoms. The minimum atomic E-state index is -0.320. The van der Waals surface area contributed by atoms with Crippen molar-refractivity contribution in [3.8, 4) is 0 Å². The highest BCUT2D eigenvalue weighted by atomic mass is 16.2. The zero-order chi connectivity index (χ0) is 17.3. The Morgan fingerprint density at radius 2 is 1.88 bits per heavy atom. The van der Waals surface area contributed by atoms with Gasteiger partial charge >= 0.3 is 0 Å². The fourth-order valence-electron chi connectivity index (χ4n) is 2.99. The van der Waals surface area contributed by atoms with Crippen LogP contribution in [-0.2, 0) is 9.59 Å². The lowest BCUT2D eigenvalue weighted by molar-refractivity contribution is -0.122. The number of amides is 2. The summed E-state index contributed by atoms with van der Waals surface area (Å²) in [7, 11) is 0. The first kappa shape index (κ1) is 16.2. The van der Waals surface area contributed by atoms with Crippen molar-refractivity contribution in [2.24, 2.45) is 5.92 Å². The van der Waals surface area contributed by atoms with E-state index >= 15 is 0 Å². The molecule has 24 heavy (non-hydrogen) atoms. The van der Waals surface area contributed by atoms with E-state index in [4.69, 9.17) is 0 Å². The van der Waals surface area contributed by atoms with Crippen molar-refractivity contribution in [3.63, 3.8) is 0 Å². The van der Waals surface area contributed by atoms with Gasteiger partial charge < -0.3 is 10.2 Å². The Morgan fingerprint density at radius 3 is 2.58 bits per heavy atom. The predicted molar refractivity (Wildman–Crippen MR) is 96.2 cm³/mol. The topological polar surface area (TPSA) is 49.4 Å². The average Bonchev–Trinajstić information content (AvgIpc) is 2.92. The third kappa shape index (κ3) is 3.32. The zero-order valence-corrected chi connectivity index (χ0v) is 14.3. The normalized spacial score (nSPS) is 17.2. The maximum Gasteiger partial charge on any atom is 0.229 e. The van der Waals surface area contributed by atoms with E-state index in [1.165, 1.54) is 5.56 Å². The predicted octanol–water partition coefficient (Wildman–Crippen LogP) is 3.60. The van der Waals surface area contributed by atoms with E-state index < -0.39 is 0 Å². The molecule has 0 aromatic heterocycles. The van der Waals surface area contributed by atoms with Gasteiger partial charge in [0, 0.05) is 24.3 Å². The summed E-state index contributed by atoms with van der Waals surface area (Å²) in [5, 5.41) is 2.92. The van der Waals surface area contributed by atoms with Crippen LogP contribution >= 0.6 is 0 Å². The number of nitrogens with one attached hydrogen (secondary N) is 1. The van der Waals surface area contributed by atoms with Gasteiger partial charge in [0.15, 0.2) is 0 Å². The van der Waals surface area contributed by atoms with E-state index in [1.807, 2.05) is 63.2 Å². The first-order valence-electron chi connectivity index (χ1n) is 8.19. The van der Waals surface area contributed by atoms with Crippen molar-refractivity contribution in [3.05, 3.63) is 59.2 Å². The second-order valence-corrected chi connectivity index (χ2v) is 6.53. The van der Waals surface area contributed by atoms with Gasteiger partial charge in [0.05, 0.1) is 5.92 Å². The Hall–Kier alpha value is -2.62. The van der Waals surface area contributed by atoms with Crippen molar-refractivity contribution in [1.29, 1.82) is 0 Å². The number of carbonyl (C=O) groups is 2. The largest absolute Gasteiger partial charge is 0.326 e. The monoisotopic (exact) mass is 322 g/mol. The van der Waals surface area contributed by atoms with E-state index in [9.17, 15) is 9.59 Å². The molecule has 3 rings (SSSR count). The van der Waals surface area contributed by atoms with Gasteiger partial charge in [0.1, 0.15) is 0 Å². The highest BCUT2D eigenvalue weighted by Crippen LogP contribution is 2.27. The van der Waals surface area contributed by atoms with Gasteiger partial charge in [0.2, 0.25) is 11.8 Å². The van der Waals surface area contributed by atoms with Gasteiger partial charge in [-0.25, -0.2) is 0 Å². The third-order valence-corrected chi connectivity index (χ3v) is 4.58. The number of benzene rings is 2. The molecule has 0 radical (unpaired) electrons. The lowest BCUT2D eigenvalue weighted by atomic mass is 10.1. The summed E-state index contributed by atoms with van der Waals surface area (Å²) in [6, 6.07) is 13.6. The first-order chi connectivity index (χ1) is 11.4. The quantitative estimate of drug-likeness (QED) is 0.938. The first-order valence-corrected chi connectivity index (χ1v) is 8.19. The second-order valence-electron chi connectivity index (χ2n) is 6.53. The summed E-state index contributed by atoms with van der Waals surface area (Å²) < 4.78 is 0. The third-order valence-electron chi connectivity index (χ3n) is 4.58. The Labute approximate surface area is 142 Å². The summed E-state index contributed by atoms with van der Waals surface area (Å²) in [6.07, 6.45) is 0.255. The number of carbonyl (C=O) groups excluding carboxylic acids is 2. The van der Waals surface area contributed by atoms with Crippen LogP contribution in [0.3, 0.4) is 0 Å². The van der Waals surface area contributed by atoms with Gasteiger partial charge in [-0.15, -0.1) is 0 Å². The van der Waals surface area contributed by atoms with Crippen LogP contribution in [-0.4, -0.2) is 18.4 Å². The number of nitrogens with zero attached hydrogens (tertiary/aromatic N) is 1. The Morgan fingerprint density at radius 1 is 1.08 bits per heavy atom. The SMILES string of the molecule is Cc1cccc(NC(=O)[C@H]2CC(=O)N(c3ccc(C)c(C)c3)C2)c1. The average molecular weight is 322 g/mol. The lowest BCUT2D eigenvalue weighted by Gasteiger charge is -2.18. The van der Waals surface area contributed by atoms with Crippen molar-refractivity contribution in [2.45, 2.75) is 27.2 Å². The molecule has 1 N–H and O–H groups in total. The molecule has 1 aliphatic heterocycles. The highest BCUT2D eigenvalue weighted by molar-refractivity contribution is 6.03. The second kappa shape index (κ2) is 6.48. The number of anilines is 2. The van der Waals surface area contributed by atoms with Crippen LogP contribution in [0.2, 0.25) is 0 Å². The molecule has 1 heterocycles. The van der Waals surface area contributed by atoms with Crippen LogP contribution in [0.15, 0.2) is 42.5 Å². The van der Waals surface area contributed by atoms with E-state index in [1.54, 1.807) is 4.90 Å². The van der Waals surface area contributed by atoms with Crippen LogP contribution in [0.4, 0.5) is 11.4 Å². The summed E-state index contributed by atoms with van der Waals surface area (Å²) in [5.74, 6) is -0.414. The molecule has 1 fully saturated rings. The molecule has 0 saturated carbocycles. The van der Waals surface area contributed by atoms with Crippen LogP contribution in [0.5, 0.6) is 0 Å². The fraction of sp³-hybridized carbons (Fsp3) is 0.300. The van der Waals surface area contributed by atoms with Crippen molar-refractivity contribution >= 4 is 23.2 Å². The molecule has 4 nitrogen and oxygen atoms in total. The van der Waals surface area contributed by atoms with Gasteiger partial charge in [-0.05, 0) is 61.7 Å². The molecule has 0 aliphatic carbocycles. The minimum Gasteiger partial charge on any atom is -0.326 e. The summed E-state index contributed by atoms with van der Waals surface area (Å²) in [6.45, 7) is 6.49. The van der Waals surface area contributed by atoms with E-state index in [0.29, 0.717) is 6.54 Å². The highest BCUT2D eigenvalue weighted by Gasteiger charge is 2.35. The molecule has 1 saturated heterocycles. The minimum absolute atomic E-state index is 0.00245. The van der Waals surface area contributed by atoms with Crippen LogP contribution in [0.25, 0.3) is 0 Å². The molecule has 1 atom stereocenters. The number of rotatable bonds is 3. The molecule has 2 amide bonds. The molecule has 1 aliphatic rings.